The molecule has 9 heteroatoms. The lowest BCUT2D eigenvalue weighted by Crippen LogP contribution is -2.47. The molecule has 1 rings (SSSR count). The molecule has 0 amide bonds. The number of quaternary nitrogens is 1. The molecule has 0 bridgehead atoms. The van der Waals surface area contributed by atoms with E-state index in [-0.39, 0.29) is 11.0 Å². The predicted molar refractivity (Wildman–Crippen MR) is 57.1 cm³/mol. The SMILES string of the molecule is CC1C(S(=O)(=O)O)C(S(=O)(=O)O)C[N+]1(C)C. The van der Waals surface area contributed by atoms with Gasteiger partial charge in [0.15, 0.2) is 10.5 Å². The van der Waals surface area contributed by atoms with Crippen LogP contribution in [0.4, 0.5) is 0 Å². The number of likely N-dealkylation sites (tertiary alicyclic amines) is 1. The standard InChI is InChI=1S/C7H15NO6S2/c1-5-7(16(12,13)14)6(15(9,10)11)4-8(5,2)3/h5-7H,4H2,1-3H3,(H-,9,10,11,12,13,14)/p+1. The van der Waals surface area contributed by atoms with Crippen LogP contribution in [0, 0.1) is 0 Å². The molecule has 7 nitrogen and oxygen atoms in total. The first-order chi connectivity index (χ1) is 6.87. The Bertz CT molecular complexity index is 479. The van der Waals surface area contributed by atoms with Gasteiger partial charge in [-0.2, -0.15) is 16.8 Å². The van der Waals surface area contributed by atoms with E-state index in [0.29, 0.717) is 0 Å². The topological polar surface area (TPSA) is 109 Å². The molecule has 96 valence electrons. The van der Waals surface area contributed by atoms with Crippen LogP contribution in [0.2, 0.25) is 0 Å². The maximum absolute atomic E-state index is 11.2. The highest BCUT2D eigenvalue weighted by Crippen LogP contribution is 2.31. The summed E-state index contributed by atoms with van der Waals surface area (Å²) < 4.78 is 62.6. The molecule has 0 saturated carbocycles. The number of rotatable bonds is 2. The zero-order chi connectivity index (χ0) is 12.9. The van der Waals surface area contributed by atoms with Crippen molar-refractivity contribution >= 4 is 20.2 Å². The first kappa shape index (κ1) is 13.8. The summed E-state index contributed by atoms with van der Waals surface area (Å²) in [4.78, 5) is 0. The van der Waals surface area contributed by atoms with Gasteiger partial charge >= 0.3 is 0 Å². The fraction of sp³-hybridized carbons (Fsp3) is 1.00. The molecule has 0 radical (unpaired) electrons. The molecular weight excluding hydrogens is 258 g/mol. The van der Waals surface area contributed by atoms with Gasteiger partial charge < -0.3 is 4.48 Å². The molecule has 1 heterocycles. The van der Waals surface area contributed by atoms with Gasteiger partial charge in [0.1, 0.15) is 6.04 Å². The van der Waals surface area contributed by atoms with E-state index in [1.807, 2.05) is 0 Å². The van der Waals surface area contributed by atoms with Crippen molar-refractivity contribution in [3.63, 3.8) is 0 Å². The molecule has 1 aliphatic heterocycles. The molecule has 3 atom stereocenters. The minimum atomic E-state index is -4.51. The van der Waals surface area contributed by atoms with Crippen LogP contribution in [-0.2, 0) is 20.2 Å². The summed E-state index contributed by atoms with van der Waals surface area (Å²) in [5, 5.41) is -2.97. The van der Waals surface area contributed by atoms with E-state index in [2.05, 4.69) is 0 Å². The second kappa shape index (κ2) is 3.64. The third kappa shape index (κ3) is 2.38. The molecule has 0 aromatic rings. The van der Waals surface area contributed by atoms with E-state index in [4.69, 9.17) is 9.11 Å². The Morgan fingerprint density at radius 3 is 1.75 bits per heavy atom. The van der Waals surface area contributed by atoms with Gasteiger partial charge in [-0.1, -0.05) is 0 Å². The quantitative estimate of drug-likeness (QED) is 0.493. The third-order valence-electron chi connectivity index (χ3n) is 3.32. The van der Waals surface area contributed by atoms with E-state index < -0.39 is 36.8 Å². The smallest absolute Gasteiger partial charge is 0.275 e. The van der Waals surface area contributed by atoms with Gasteiger partial charge in [0.05, 0.1) is 20.6 Å². The highest BCUT2D eigenvalue weighted by atomic mass is 32.2. The van der Waals surface area contributed by atoms with E-state index in [9.17, 15) is 16.8 Å². The summed E-state index contributed by atoms with van der Waals surface area (Å²) in [6, 6.07) is -0.609. The number of hydrogen-bond acceptors (Lipinski definition) is 4. The van der Waals surface area contributed by atoms with E-state index in [0.717, 1.165) is 0 Å². The van der Waals surface area contributed by atoms with Crippen LogP contribution in [0.3, 0.4) is 0 Å². The summed E-state index contributed by atoms with van der Waals surface area (Å²) in [5.74, 6) is 0. The molecule has 1 saturated heterocycles. The normalized spacial score (nSPS) is 35.2. The van der Waals surface area contributed by atoms with Gasteiger partial charge in [0, 0.05) is 0 Å². The fourth-order valence-electron chi connectivity index (χ4n) is 2.15. The van der Waals surface area contributed by atoms with Crippen molar-refractivity contribution in [2.75, 3.05) is 20.6 Å². The summed E-state index contributed by atoms with van der Waals surface area (Å²) in [7, 11) is -5.71. The zero-order valence-electron chi connectivity index (χ0n) is 9.23. The monoisotopic (exact) mass is 274 g/mol. The van der Waals surface area contributed by atoms with Crippen LogP contribution in [0.25, 0.3) is 0 Å². The van der Waals surface area contributed by atoms with Gasteiger partial charge in [-0.15, -0.1) is 0 Å². The van der Waals surface area contributed by atoms with Gasteiger partial charge in [-0.05, 0) is 6.92 Å². The molecule has 0 aromatic carbocycles. The Labute approximate surface area is 95.2 Å². The predicted octanol–water partition coefficient (Wildman–Crippen LogP) is -1.02. The lowest BCUT2D eigenvalue weighted by atomic mass is 10.2. The molecule has 1 aliphatic rings. The first-order valence-corrected chi connectivity index (χ1v) is 7.63. The highest BCUT2D eigenvalue weighted by Gasteiger charge is 2.58. The first-order valence-electron chi connectivity index (χ1n) is 4.62. The molecule has 1 fully saturated rings. The van der Waals surface area contributed by atoms with E-state index in [1.165, 1.54) is 6.92 Å². The van der Waals surface area contributed by atoms with Gasteiger partial charge in [-0.25, -0.2) is 0 Å². The van der Waals surface area contributed by atoms with Crippen LogP contribution in [-0.4, -0.2) is 67.6 Å². The molecule has 16 heavy (non-hydrogen) atoms. The average Bonchev–Trinajstić information content (AvgIpc) is 2.20. The summed E-state index contributed by atoms with van der Waals surface area (Å²) >= 11 is 0. The maximum atomic E-state index is 11.2. The van der Waals surface area contributed by atoms with Crippen LogP contribution in [0.5, 0.6) is 0 Å². The van der Waals surface area contributed by atoms with Crippen LogP contribution in [0.15, 0.2) is 0 Å². The summed E-state index contributed by atoms with van der Waals surface area (Å²) in [6.45, 7) is 1.48. The Morgan fingerprint density at radius 2 is 1.50 bits per heavy atom. The Hall–Kier alpha value is -0.220. The van der Waals surface area contributed by atoms with Crippen LogP contribution >= 0.6 is 0 Å². The van der Waals surface area contributed by atoms with E-state index in [1.54, 1.807) is 14.1 Å². The van der Waals surface area contributed by atoms with Crippen molar-refractivity contribution in [2.45, 2.75) is 23.5 Å². The van der Waals surface area contributed by atoms with Crippen molar-refractivity contribution in [1.82, 2.24) is 0 Å². The molecular formula is C7H16NO6S2+. The fourth-order valence-corrected chi connectivity index (χ4v) is 5.43. The van der Waals surface area contributed by atoms with Gasteiger partial charge in [-0.3, -0.25) is 9.11 Å². The van der Waals surface area contributed by atoms with Crippen molar-refractivity contribution in [3.8, 4) is 0 Å². The van der Waals surface area contributed by atoms with Crippen molar-refractivity contribution < 1.29 is 30.4 Å². The van der Waals surface area contributed by atoms with Crippen LogP contribution in [0.1, 0.15) is 6.92 Å². The van der Waals surface area contributed by atoms with Gasteiger partial charge in [0.2, 0.25) is 0 Å². The van der Waals surface area contributed by atoms with E-state index >= 15 is 0 Å². The number of hydrogen-bond donors (Lipinski definition) is 2. The Morgan fingerprint density at radius 1 is 1.06 bits per heavy atom. The second-order valence-corrected chi connectivity index (χ2v) is 7.94. The largest absolute Gasteiger partial charge is 0.324 e. The van der Waals surface area contributed by atoms with Crippen molar-refractivity contribution in [1.29, 1.82) is 0 Å². The molecule has 2 N–H and O–H groups in total. The second-order valence-electron chi connectivity index (χ2n) is 4.73. The summed E-state index contributed by atoms with van der Waals surface area (Å²) in [6.07, 6.45) is 0. The molecule has 3 unspecified atom stereocenters. The van der Waals surface area contributed by atoms with Crippen molar-refractivity contribution in [3.05, 3.63) is 0 Å². The molecule has 0 spiro atoms. The van der Waals surface area contributed by atoms with Crippen molar-refractivity contribution in [2.24, 2.45) is 0 Å². The summed E-state index contributed by atoms with van der Waals surface area (Å²) in [5.41, 5.74) is 0. The molecule has 0 aromatic heterocycles. The van der Waals surface area contributed by atoms with Gasteiger partial charge in [0.25, 0.3) is 20.2 Å². The minimum absolute atomic E-state index is 0.0511. The van der Waals surface area contributed by atoms with Crippen LogP contribution < -0.4 is 0 Å². The maximum Gasteiger partial charge on any atom is 0.275 e. The average molecular weight is 274 g/mol. The lowest BCUT2D eigenvalue weighted by molar-refractivity contribution is -0.899. The Balaban J connectivity index is 3.32. The lowest BCUT2D eigenvalue weighted by Gasteiger charge is -2.29. The minimum Gasteiger partial charge on any atom is -0.324 e. The Kier molecular flexibility index (Phi) is 3.15. The zero-order valence-corrected chi connectivity index (χ0v) is 10.9. The molecule has 0 aliphatic carbocycles. The third-order valence-corrected chi connectivity index (χ3v) is 6.11. The number of nitrogens with zero attached hydrogens (tertiary/aromatic N) is 1. The highest BCUT2D eigenvalue weighted by molar-refractivity contribution is 7.90.